The summed E-state index contributed by atoms with van der Waals surface area (Å²) in [6.45, 7) is 6.04. The SMILES string of the molecule is COc1ccc(CC2(O)CN(C(=O)OC(C)(C)C)C2)cc1Br. The molecule has 0 aliphatic carbocycles. The van der Waals surface area contributed by atoms with Gasteiger partial charge in [-0.2, -0.15) is 0 Å². The Balaban J connectivity index is 1.93. The van der Waals surface area contributed by atoms with Crippen LogP contribution in [0.3, 0.4) is 0 Å². The molecule has 1 heterocycles. The third-order valence-electron chi connectivity index (χ3n) is 3.37. The van der Waals surface area contributed by atoms with Crippen molar-refractivity contribution < 1.29 is 19.4 Å². The van der Waals surface area contributed by atoms with Crippen LogP contribution < -0.4 is 4.74 Å². The topological polar surface area (TPSA) is 59.0 Å². The number of rotatable bonds is 3. The van der Waals surface area contributed by atoms with Gasteiger partial charge in [0, 0.05) is 6.42 Å². The normalized spacial score (nSPS) is 16.9. The summed E-state index contributed by atoms with van der Waals surface area (Å²) >= 11 is 3.43. The first-order valence-electron chi connectivity index (χ1n) is 7.15. The van der Waals surface area contributed by atoms with Gasteiger partial charge in [-0.1, -0.05) is 6.07 Å². The number of halogens is 1. The number of likely N-dealkylation sites (tertiary alicyclic amines) is 1. The fraction of sp³-hybridized carbons (Fsp3) is 0.562. The van der Waals surface area contributed by atoms with Gasteiger partial charge in [-0.3, -0.25) is 0 Å². The Hall–Kier alpha value is -1.27. The summed E-state index contributed by atoms with van der Waals surface area (Å²) in [4.78, 5) is 13.4. The maximum absolute atomic E-state index is 11.9. The van der Waals surface area contributed by atoms with E-state index in [4.69, 9.17) is 9.47 Å². The van der Waals surface area contributed by atoms with Crippen LogP contribution in [0.4, 0.5) is 4.79 Å². The number of nitrogens with zero attached hydrogens (tertiary/aromatic N) is 1. The lowest BCUT2D eigenvalue weighted by Crippen LogP contribution is -2.65. The highest BCUT2D eigenvalue weighted by Crippen LogP contribution is 2.30. The number of benzene rings is 1. The summed E-state index contributed by atoms with van der Waals surface area (Å²) in [6, 6.07) is 5.69. The molecule has 1 amide bonds. The van der Waals surface area contributed by atoms with Crippen LogP contribution >= 0.6 is 15.9 Å². The van der Waals surface area contributed by atoms with Crippen molar-refractivity contribution in [1.29, 1.82) is 0 Å². The molecule has 1 saturated heterocycles. The van der Waals surface area contributed by atoms with Crippen LogP contribution in [0.5, 0.6) is 5.75 Å². The van der Waals surface area contributed by atoms with E-state index in [1.807, 2.05) is 39.0 Å². The van der Waals surface area contributed by atoms with Gasteiger partial charge in [0.1, 0.15) is 17.0 Å². The number of methoxy groups -OCH3 is 1. The highest BCUT2D eigenvalue weighted by Gasteiger charge is 2.45. The quantitative estimate of drug-likeness (QED) is 0.886. The summed E-state index contributed by atoms with van der Waals surface area (Å²) in [5, 5.41) is 10.5. The average molecular weight is 372 g/mol. The van der Waals surface area contributed by atoms with E-state index in [-0.39, 0.29) is 19.2 Å². The van der Waals surface area contributed by atoms with Crippen molar-refractivity contribution >= 4 is 22.0 Å². The Morgan fingerprint density at radius 3 is 2.55 bits per heavy atom. The van der Waals surface area contributed by atoms with E-state index in [0.717, 1.165) is 15.8 Å². The molecule has 1 aromatic rings. The fourth-order valence-electron chi connectivity index (χ4n) is 2.43. The van der Waals surface area contributed by atoms with Crippen molar-refractivity contribution in [3.05, 3.63) is 28.2 Å². The molecule has 1 fully saturated rings. The molecule has 1 aliphatic heterocycles. The largest absolute Gasteiger partial charge is 0.496 e. The molecule has 0 aromatic heterocycles. The summed E-state index contributed by atoms with van der Waals surface area (Å²) in [6.07, 6.45) is 0.0996. The molecule has 22 heavy (non-hydrogen) atoms. The van der Waals surface area contributed by atoms with Crippen LogP contribution in [0.1, 0.15) is 26.3 Å². The lowest BCUT2D eigenvalue weighted by Gasteiger charge is -2.46. The minimum Gasteiger partial charge on any atom is -0.496 e. The number of aliphatic hydroxyl groups is 1. The molecule has 0 saturated carbocycles. The average Bonchev–Trinajstić information content (AvgIpc) is 2.34. The van der Waals surface area contributed by atoms with Gasteiger partial charge >= 0.3 is 6.09 Å². The van der Waals surface area contributed by atoms with E-state index in [1.165, 1.54) is 4.90 Å². The van der Waals surface area contributed by atoms with Crippen LogP contribution in [0.25, 0.3) is 0 Å². The minimum absolute atomic E-state index is 0.283. The molecule has 0 radical (unpaired) electrons. The molecule has 5 nitrogen and oxygen atoms in total. The number of carbonyl (C=O) groups is 1. The van der Waals surface area contributed by atoms with E-state index in [9.17, 15) is 9.90 Å². The van der Waals surface area contributed by atoms with Gasteiger partial charge < -0.3 is 19.5 Å². The number of carbonyl (C=O) groups excluding carboxylic acids is 1. The standard InChI is InChI=1S/C16H22BrNO4/c1-15(2,3)22-14(19)18-9-16(20,10-18)8-11-5-6-13(21-4)12(17)7-11/h5-7,20H,8-10H2,1-4H3. The van der Waals surface area contributed by atoms with Crippen LogP contribution in [-0.2, 0) is 11.2 Å². The van der Waals surface area contributed by atoms with E-state index in [1.54, 1.807) is 7.11 Å². The molecule has 0 spiro atoms. The summed E-state index contributed by atoms with van der Waals surface area (Å²) < 4.78 is 11.3. The molecule has 6 heteroatoms. The molecule has 1 N–H and O–H groups in total. The molecule has 1 aliphatic rings. The van der Waals surface area contributed by atoms with Gasteiger partial charge in [-0.15, -0.1) is 0 Å². The van der Waals surface area contributed by atoms with Gasteiger partial charge in [0.05, 0.1) is 24.7 Å². The van der Waals surface area contributed by atoms with Crippen LogP contribution in [0.15, 0.2) is 22.7 Å². The molecule has 122 valence electrons. The third kappa shape index (κ3) is 4.14. The maximum atomic E-state index is 11.9. The van der Waals surface area contributed by atoms with E-state index in [2.05, 4.69) is 15.9 Å². The molecule has 0 unspecified atom stereocenters. The second kappa shape index (κ2) is 6.08. The molecule has 0 bridgehead atoms. The van der Waals surface area contributed by atoms with Gasteiger partial charge in [0.25, 0.3) is 0 Å². The lowest BCUT2D eigenvalue weighted by atomic mass is 9.87. The summed E-state index contributed by atoms with van der Waals surface area (Å²) in [5.41, 5.74) is -0.435. The van der Waals surface area contributed by atoms with Crippen molar-refractivity contribution in [2.75, 3.05) is 20.2 Å². The monoisotopic (exact) mass is 371 g/mol. The first-order chi connectivity index (χ1) is 10.1. The number of hydrogen-bond acceptors (Lipinski definition) is 4. The Kier molecular flexibility index (Phi) is 4.73. The Bertz CT molecular complexity index is 562. The van der Waals surface area contributed by atoms with Gasteiger partial charge in [0.15, 0.2) is 0 Å². The van der Waals surface area contributed by atoms with Crippen molar-refractivity contribution in [3.8, 4) is 5.75 Å². The van der Waals surface area contributed by atoms with Crippen LogP contribution in [-0.4, -0.2) is 47.5 Å². The molecular weight excluding hydrogens is 350 g/mol. The zero-order chi connectivity index (χ0) is 16.5. The summed E-state index contributed by atoms with van der Waals surface area (Å²) in [7, 11) is 1.61. The maximum Gasteiger partial charge on any atom is 0.410 e. The molecule has 0 atom stereocenters. The lowest BCUT2D eigenvalue weighted by molar-refractivity contribution is -0.0973. The zero-order valence-corrected chi connectivity index (χ0v) is 14.9. The minimum atomic E-state index is -0.898. The van der Waals surface area contributed by atoms with Crippen LogP contribution in [0.2, 0.25) is 0 Å². The van der Waals surface area contributed by atoms with Gasteiger partial charge in [0.2, 0.25) is 0 Å². The van der Waals surface area contributed by atoms with Gasteiger partial charge in [-0.25, -0.2) is 4.79 Å². The Labute approximate surface area is 139 Å². The van der Waals surface area contributed by atoms with Gasteiger partial charge in [-0.05, 0) is 54.4 Å². The van der Waals surface area contributed by atoms with E-state index < -0.39 is 11.2 Å². The molecular formula is C16H22BrNO4. The smallest absolute Gasteiger partial charge is 0.410 e. The molecule has 2 rings (SSSR count). The van der Waals surface area contributed by atoms with Crippen molar-refractivity contribution in [2.45, 2.75) is 38.4 Å². The predicted octanol–water partition coefficient (Wildman–Crippen LogP) is 2.98. The van der Waals surface area contributed by atoms with Crippen LogP contribution in [0, 0.1) is 0 Å². The highest BCUT2D eigenvalue weighted by atomic mass is 79.9. The number of ether oxygens (including phenoxy) is 2. The first kappa shape index (κ1) is 17.1. The van der Waals surface area contributed by atoms with Crippen molar-refractivity contribution in [2.24, 2.45) is 0 Å². The van der Waals surface area contributed by atoms with E-state index in [0.29, 0.717) is 6.42 Å². The number of β-amino-alcohol motifs (C(OH)–C–C–N with tert-alkyl or cyclic N) is 1. The van der Waals surface area contributed by atoms with Crippen molar-refractivity contribution in [3.63, 3.8) is 0 Å². The Morgan fingerprint density at radius 2 is 2.05 bits per heavy atom. The summed E-state index contributed by atoms with van der Waals surface area (Å²) in [5.74, 6) is 0.750. The fourth-order valence-corrected chi connectivity index (χ4v) is 3.02. The zero-order valence-electron chi connectivity index (χ0n) is 13.4. The Morgan fingerprint density at radius 1 is 1.41 bits per heavy atom. The third-order valence-corrected chi connectivity index (χ3v) is 3.99. The van der Waals surface area contributed by atoms with E-state index >= 15 is 0 Å². The molecule has 1 aromatic carbocycles. The predicted molar refractivity (Wildman–Crippen MR) is 87.2 cm³/mol. The highest BCUT2D eigenvalue weighted by molar-refractivity contribution is 9.10. The second-order valence-corrected chi connectivity index (χ2v) is 7.56. The second-order valence-electron chi connectivity index (χ2n) is 6.71. The first-order valence-corrected chi connectivity index (χ1v) is 7.94. The number of amides is 1. The van der Waals surface area contributed by atoms with Crippen molar-refractivity contribution in [1.82, 2.24) is 4.90 Å². The number of hydrogen-bond donors (Lipinski definition) is 1.